The molecule has 0 aliphatic heterocycles. The number of fused-ring (bicyclic) bond motifs is 1. The van der Waals surface area contributed by atoms with Crippen molar-refractivity contribution in [3.63, 3.8) is 0 Å². The van der Waals surface area contributed by atoms with E-state index in [2.05, 4.69) is 26.0 Å². The fourth-order valence-electron chi connectivity index (χ4n) is 2.07. The van der Waals surface area contributed by atoms with Crippen molar-refractivity contribution in [2.75, 3.05) is 12.3 Å². The molecule has 3 rings (SSSR count). The van der Waals surface area contributed by atoms with E-state index in [1.165, 1.54) is 0 Å². The van der Waals surface area contributed by atoms with Crippen LogP contribution >= 0.6 is 0 Å². The minimum Gasteiger partial charge on any atom is -0.476 e. The molecule has 2 heterocycles. The molecule has 0 bridgehead atoms. The van der Waals surface area contributed by atoms with Crippen LogP contribution in [-0.4, -0.2) is 26.5 Å². The van der Waals surface area contributed by atoms with Gasteiger partial charge in [0.25, 0.3) is 0 Å². The topological polar surface area (TPSA) is 111 Å². The number of nitrogens with zero attached hydrogens (tertiary/aromatic N) is 5. The molecule has 0 aliphatic rings. The monoisotopic (exact) mass is 292 g/mol. The largest absolute Gasteiger partial charge is 0.476 e. The minimum atomic E-state index is 0.0791. The van der Waals surface area contributed by atoms with Crippen LogP contribution in [0.1, 0.15) is 12.5 Å². The maximum atomic E-state index is 9.20. The first kappa shape index (κ1) is 13.7. The third-order valence-corrected chi connectivity index (χ3v) is 3.00. The zero-order chi connectivity index (χ0) is 15.5. The lowest BCUT2D eigenvalue weighted by Gasteiger charge is -2.08. The first-order valence-corrected chi connectivity index (χ1v) is 6.65. The van der Waals surface area contributed by atoms with Crippen molar-refractivity contribution in [3.8, 4) is 23.2 Å². The maximum absolute atomic E-state index is 9.20. The predicted molar refractivity (Wildman–Crippen MR) is 80.9 cm³/mol. The SMILES string of the molecule is CCOc1nc(N)nc2ncc(-c3ccccc3C#N)nc12. The zero-order valence-corrected chi connectivity index (χ0v) is 11.8. The van der Waals surface area contributed by atoms with Gasteiger partial charge in [-0.2, -0.15) is 15.2 Å². The van der Waals surface area contributed by atoms with Crippen LogP contribution < -0.4 is 10.5 Å². The summed E-state index contributed by atoms with van der Waals surface area (Å²) in [5, 5.41) is 9.20. The summed E-state index contributed by atoms with van der Waals surface area (Å²) in [5.41, 5.74) is 8.18. The standard InChI is InChI=1S/C15H12N6O/c1-2-22-14-12-13(20-15(17)21-14)18-8-11(19-12)10-6-4-3-5-9(10)7-16/h3-6,8H,2H2,1H3,(H2,17,18,20,21). The first-order valence-electron chi connectivity index (χ1n) is 6.65. The van der Waals surface area contributed by atoms with E-state index in [-0.39, 0.29) is 11.8 Å². The lowest BCUT2D eigenvalue weighted by molar-refractivity contribution is 0.330. The Morgan fingerprint density at radius 1 is 1.23 bits per heavy atom. The van der Waals surface area contributed by atoms with Crippen LogP contribution in [0.4, 0.5) is 5.95 Å². The third kappa shape index (κ3) is 2.38. The maximum Gasteiger partial charge on any atom is 0.247 e. The van der Waals surface area contributed by atoms with Gasteiger partial charge in [-0.25, -0.2) is 9.97 Å². The number of benzene rings is 1. The third-order valence-electron chi connectivity index (χ3n) is 3.00. The molecule has 22 heavy (non-hydrogen) atoms. The summed E-state index contributed by atoms with van der Waals surface area (Å²) in [7, 11) is 0. The quantitative estimate of drug-likeness (QED) is 0.785. The Bertz CT molecular complexity index is 887. The smallest absolute Gasteiger partial charge is 0.247 e. The van der Waals surface area contributed by atoms with E-state index >= 15 is 0 Å². The molecule has 7 nitrogen and oxygen atoms in total. The summed E-state index contributed by atoms with van der Waals surface area (Å²) in [4.78, 5) is 16.8. The van der Waals surface area contributed by atoms with Crippen LogP contribution in [0.3, 0.4) is 0 Å². The number of hydrogen-bond donors (Lipinski definition) is 1. The van der Waals surface area contributed by atoms with Gasteiger partial charge in [0.2, 0.25) is 11.8 Å². The van der Waals surface area contributed by atoms with E-state index in [4.69, 9.17) is 10.5 Å². The Hall–Kier alpha value is -3.27. The van der Waals surface area contributed by atoms with Crippen molar-refractivity contribution >= 4 is 17.1 Å². The summed E-state index contributed by atoms with van der Waals surface area (Å²) in [6, 6.07) is 9.32. The number of nitrogen functional groups attached to an aromatic ring is 1. The number of aromatic nitrogens is 4. The summed E-state index contributed by atoms with van der Waals surface area (Å²) < 4.78 is 5.45. The van der Waals surface area contributed by atoms with Gasteiger partial charge >= 0.3 is 0 Å². The molecule has 7 heteroatoms. The van der Waals surface area contributed by atoms with E-state index in [9.17, 15) is 5.26 Å². The summed E-state index contributed by atoms with van der Waals surface area (Å²) >= 11 is 0. The molecule has 0 unspecified atom stereocenters. The second-order valence-electron chi connectivity index (χ2n) is 4.40. The molecule has 108 valence electrons. The lowest BCUT2D eigenvalue weighted by Crippen LogP contribution is -2.04. The van der Waals surface area contributed by atoms with Crippen molar-refractivity contribution in [1.82, 2.24) is 19.9 Å². The Labute approximate surface area is 126 Å². The molecule has 2 N–H and O–H groups in total. The van der Waals surface area contributed by atoms with Crippen molar-refractivity contribution in [3.05, 3.63) is 36.0 Å². The number of hydrogen-bond acceptors (Lipinski definition) is 7. The summed E-state index contributed by atoms with van der Waals surface area (Å²) in [6.45, 7) is 2.26. The van der Waals surface area contributed by atoms with Crippen molar-refractivity contribution < 1.29 is 4.74 Å². The highest BCUT2D eigenvalue weighted by Gasteiger charge is 2.13. The van der Waals surface area contributed by atoms with Gasteiger partial charge in [0.15, 0.2) is 11.2 Å². The highest BCUT2D eigenvalue weighted by molar-refractivity contribution is 5.80. The highest BCUT2D eigenvalue weighted by Crippen LogP contribution is 2.25. The number of anilines is 1. The van der Waals surface area contributed by atoms with Crippen LogP contribution in [0, 0.1) is 11.3 Å². The fraction of sp³-hybridized carbons (Fsp3) is 0.133. The van der Waals surface area contributed by atoms with Crippen LogP contribution in [-0.2, 0) is 0 Å². The van der Waals surface area contributed by atoms with Crippen molar-refractivity contribution in [1.29, 1.82) is 5.26 Å². The van der Waals surface area contributed by atoms with E-state index in [1.807, 2.05) is 19.1 Å². The van der Waals surface area contributed by atoms with Gasteiger partial charge in [-0.15, -0.1) is 0 Å². The minimum absolute atomic E-state index is 0.0791. The Morgan fingerprint density at radius 2 is 2.05 bits per heavy atom. The van der Waals surface area contributed by atoms with Crippen LogP contribution in [0.15, 0.2) is 30.5 Å². The molecule has 2 aromatic heterocycles. The number of ether oxygens (including phenoxy) is 1. The second kappa shape index (κ2) is 5.61. The average Bonchev–Trinajstić information content (AvgIpc) is 2.54. The molecule has 0 atom stereocenters. The number of nitriles is 1. The van der Waals surface area contributed by atoms with Gasteiger partial charge in [0, 0.05) is 5.56 Å². The normalized spacial score (nSPS) is 10.4. The molecule has 0 fully saturated rings. The predicted octanol–water partition coefficient (Wildman–Crippen LogP) is 1.94. The van der Waals surface area contributed by atoms with Gasteiger partial charge in [0.1, 0.15) is 0 Å². The molecule has 0 radical (unpaired) electrons. The van der Waals surface area contributed by atoms with Gasteiger partial charge in [-0.1, -0.05) is 18.2 Å². The lowest BCUT2D eigenvalue weighted by atomic mass is 10.1. The molecule has 0 amide bonds. The Balaban J connectivity index is 2.23. The second-order valence-corrected chi connectivity index (χ2v) is 4.40. The zero-order valence-electron chi connectivity index (χ0n) is 11.8. The van der Waals surface area contributed by atoms with Crippen LogP contribution in [0.2, 0.25) is 0 Å². The van der Waals surface area contributed by atoms with Crippen molar-refractivity contribution in [2.45, 2.75) is 6.92 Å². The van der Waals surface area contributed by atoms with Gasteiger partial charge in [-0.3, -0.25) is 0 Å². The number of nitrogens with two attached hydrogens (primary N) is 1. The Morgan fingerprint density at radius 3 is 2.82 bits per heavy atom. The van der Waals surface area contributed by atoms with Crippen LogP contribution in [0.25, 0.3) is 22.4 Å². The molecular formula is C15H12N6O. The molecule has 0 saturated carbocycles. The number of rotatable bonds is 3. The van der Waals surface area contributed by atoms with E-state index in [0.717, 1.165) is 0 Å². The highest BCUT2D eigenvalue weighted by atomic mass is 16.5. The molecule has 0 saturated heterocycles. The Kier molecular flexibility index (Phi) is 3.50. The molecule has 1 aromatic carbocycles. The van der Waals surface area contributed by atoms with E-state index in [0.29, 0.717) is 34.6 Å². The molecule has 0 aliphatic carbocycles. The molecule has 3 aromatic rings. The van der Waals surface area contributed by atoms with E-state index in [1.54, 1.807) is 18.3 Å². The molecular weight excluding hydrogens is 280 g/mol. The molecule has 0 spiro atoms. The summed E-state index contributed by atoms with van der Waals surface area (Å²) in [5.74, 6) is 0.365. The van der Waals surface area contributed by atoms with E-state index < -0.39 is 0 Å². The van der Waals surface area contributed by atoms with Crippen molar-refractivity contribution in [2.24, 2.45) is 0 Å². The fourth-order valence-corrected chi connectivity index (χ4v) is 2.07. The van der Waals surface area contributed by atoms with Gasteiger partial charge < -0.3 is 10.5 Å². The van der Waals surface area contributed by atoms with Gasteiger partial charge in [-0.05, 0) is 13.0 Å². The summed E-state index contributed by atoms with van der Waals surface area (Å²) in [6.07, 6.45) is 1.56. The average molecular weight is 292 g/mol. The first-order chi connectivity index (χ1) is 10.7. The van der Waals surface area contributed by atoms with Gasteiger partial charge in [0.05, 0.1) is 30.1 Å². The van der Waals surface area contributed by atoms with Crippen LogP contribution in [0.5, 0.6) is 5.88 Å².